The molecule has 2 aromatic rings. The highest BCUT2D eigenvalue weighted by Crippen LogP contribution is 2.41. The maximum atomic E-state index is 12.8. The molecule has 0 aromatic carbocycles. The summed E-state index contributed by atoms with van der Waals surface area (Å²) in [6.07, 6.45) is 1.37. The number of thioether (sulfide) groups is 2. The zero-order chi connectivity index (χ0) is 24.4. The Morgan fingerprint density at radius 1 is 1.47 bits per heavy atom. The van der Waals surface area contributed by atoms with E-state index in [-0.39, 0.29) is 44.6 Å². The first kappa shape index (κ1) is 23.8. The Bertz CT molecular complexity index is 1210. The standard InChI is InChI=1S/C19H17N5O7S3/c1-30-23-11(9-7-34-19(20)21-9)14(25)22-12-15(26)24-13(17(27)28)8(5-32-16(12)24)6-33-18(29)10-3-2-4-31-10/h2-4,7,12,16H,5-6H2,1H3,(H2,20,21)(H,22,25)(H,27,28)/b23-11+/t12-,16-/m1/s1. The van der Waals surface area contributed by atoms with Crippen LogP contribution in [0.5, 0.6) is 0 Å². The van der Waals surface area contributed by atoms with E-state index in [0.29, 0.717) is 5.57 Å². The van der Waals surface area contributed by atoms with E-state index in [2.05, 4.69) is 15.5 Å². The topological polar surface area (TPSA) is 177 Å². The number of thiazole rings is 1. The fourth-order valence-electron chi connectivity index (χ4n) is 3.31. The average molecular weight is 524 g/mol. The van der Waals surface area contributed by atoms with E-state index >= 15 is 0 Å². The molecular formula is C19H17N5O7S3. The van der Waals surface area contributed by atoms with Crippen LogP contribution in [-0.2, 0) is 19.2 Å². The second kappa shape index (κ2) is 9.90. The maximum absolute atomic E-state index is 12.8. The van der Waals surface area contributed by atoms with Gasteiger partial charge in [0.15, 0.2) is 16.6 Å². The average Bonchev–Trinajstić information content (AvgIpc) is 3.50. The van der Waals surface area contributed by atoms with Gasteiger partial charge in [0.25, 0.3) is 16.9 Å². The number of aromatic nitrogens is 1. The Labute approximate surface area is 204 Å². The predicted molar refractivity (Wildman–Crippen MR) is 125 cm³/mol. The van der Waals surface area contributed by atoms with Gasteiger partial charge >= 0.3 is 5.97 Å². The highest BCUT2D eigenvalue weighted by molar-refractivity contribution is 8.14. The fourth-order valence-corrected chi connectivity index (χ4v) is 6.14. The molecule has 4 N–H and O–H groups in total. The summed E-state index contributed by atoms with van der Waals surface area (Å²) >= 11 is 3.29. The van der Waals surface area contributed by atoms with Crippen molar-refractivity contribution in [2.24, 2.45) is 5.16 Å². The molecule has 34 heavy (non-hydrogen) atoms. The van der Waals surface area contributed by atoms with Gasteiger partial charge in [-0.3, -0.25) is 19.3 Å². The number of hydrogen-bond acceptors (Lipinski definition) is 12. The number of carbonyl (C=O) groups is 4. The highest BCUT2D eigenvalue weighted by Gasteiger charge is 2.54. The summed E-state index contributed by atoms with van der Waals surface area (Å²) in [5.41, 5.74) is 5.89. The molecule has 178 valence electrons. The minimum absolute atomic E-state index is 0.0809. The molecule has 0 bridgehead atoms. The number of amides is 2. The molecule has 2 atom stereocenters. The molecule has 2 aromatic heterocycles. The molecule has 0 aliphatic carbocycles. The summed E-state index contributed by atoms with van der Waals surface area (Å²) < 4.78 is 5.05. The molecule has 4 heterocycles. The molecule has 2 aliphatic rings. The lowest BCUT2D eigenvalue weighted by atomic mass is 10.0. The van der Waals surface area contributed by atoms with Crippen molar-refractivity contribution in [3.05, 3.63) is 46.5 Å². The molecular weight excluding hydrogens is 506 g/mol. The number of oxime groups is 1. The van der Waals surface area contributed by atoms with Crippen molar-refractivity contribution in [3.63, 3.8) is 0 Å². The zero-order valence-corrected chi connectivity index (χ0v) is 19.9. The number of nitrogens with one attached hydrogen (secondary N) is 1. The Balaban J connectivity index is 1.47. The number of nitrogens with zero attached hydrogens (tertiary/aromatic N) is 3. The number of β-lactam (4-membered cyclic amide) rings is 1. The number of carbonyl (C=O) groups excluding carboxylic acids is 3. The van der Waals surface area contributed by atoms with Crippen LogP contribution in [0.4, 0.5) is 5.13 Å². The lowest BCUT2D eigenvalue weighted by Crippen LogP contribution is -2.71. The number of hydrogen-bond donors (Lipinski definition) is 3. The molecule has 2 aliphatic heterocycles. The monoisotopic (exact) mass is 523 g/mol. The largest absolute Gasteiger partial charge is 0.477 e. The van der Waals surface area contributed by atoms with Crippen molar-refractivity contribution in [2.45, 2.75) is 11.4 Å². The number of nitrogens with two attached hydrogens (primary N) is 1. The first-order valence-corrected chi connectivity index (χ1v) is 12.5. The third-order valence-electron chi connectivity index (χ3n) is 4.80. The summed E-state index contributed by atoms with van der Waals surface area (Å²) in [6, 6.07) is 2.13. The second-order valence-electron chi connectivity index (χ2n) is 6.87. The van der Waals surface area contributed by atoms with Crippen molar-refractivity contribution in [2.75, 3.05) is 24.3 Å². The van der Waals surface area contributed by atoms with Crippen LogP contribution < -0.4 is 11.1 Å². The molecule has 0 radical (unpaired) electrons. The molecule has 15 heteroatoms. The molecule has 4 rings (SSSR count). The Kier molecular flexibility index (Phi) is 6.95. The van der Waals surface area contributed by atoms with Crippen LogP contribution in [0.3, 0.4) is 0 Å². The van der Waals surface area contributed by atoms with E-state index in [9.17, 15) is 24.3 Å². The maximum Gasteiger partial charge on any atom is 0.352 e. The van der Waals surface area contributed by atoms with E-state index in [1.807, 2.05) is 0 Å². The van der Waals surface area contributed by atoms with E-state index in [1.165, 1.54) is 36.6 Å². The van der Waals surface area contributed by atoms with Gasteiger partial charge in [-0.15, -0.1) is 23.1 Å². The number of anilines is 1. The smallest absolute Gasteiger partial charge is 0.352 e. The van der Waals surface area contributed by atoms with Gasteiger partial charge in [0, 0.05) is 16.9 Å². The molecule has 1 fully saturated rings. The van der Waals surface area contributed by atoms with Crippen molar-refractivity contribution in [1.29, 1.82) is 0 Å². The highest BCUT2D eigenvalue weighted by atomic mass is 32.2. The van der Waals surface area contributed by atoms with Crippen LogP contribution in [-0.4, -0.2) is 73.6 Å². The van der Waals surface area contributed by atoms with Crippen LogP contribution in [0.1, 0.15) is 16.2 Å². The minimum atomic E-state index is -1.29. The lowest BCUT2D eigenvalue weighted by molar-refractivity contribution is -0.150. The summed E-state index contributed by atoms with van der Waals surface area (Å²) in [5, 5.41) is 16.8. The third-order valence-corrected chi connectivity index (χ3v) is 7.77. The van der Waals surface area contributed by atoms with Crippen molar-refractivity contribution in [1.82, 2.24) is 15.2 Å². The van der Waals surface area contributed by atoms with Crippen LogP contribution in [0.2, 0.25) is 0 Å². The van der Waals surface area contributed by atoms with E-state index in [4.69, 9.17) is 15.0 Å². The van der Waals surface area contributed by atoms with Crippen molar-refractivity contribution < 1.29 is 33.5 Å². The van der Waals surface area contributed by atoms with Gasteiger partial charge in [-0.2, -0.15) is 0 Å². The fraction of sp³-hybridized carbons (Fsp3) is 0.263. The number of nitrogen functional groups attached to an aromatic ring is 1. The summed E-state index contributed by atoms with van der Waals surface area (Å²) in [6.45, 7) is 0. The first-order valence-electron chi connectivity index (χ1n) is 9.55. The van der Waals surface area contributed by atoms with Crippen LogP contribution in [0.15, 0.2) is 44.6 Å². The molecule has 2 amide bonds. The summed E-state index contributed by atoms with van der Waals surface area (Å²) in [7, 11) is 1.26. The molecule has 0 saturated carbocycles. The van der Waals surface area contributed by atoms with Gasteiger partial charge in [-0.25, -0.2) is 9.78 Å². The first-order chi connectivity index (χ1) is 16.3. The van der Waals surface area contributed by atoms with Crippen molar-refractivity contribution in [3.8, 4) is 0 Å². The molecule has 0 unspecified atom stereocenters. The van der Waals surface area contributed by atoms with Gasteiger partial charge in [-0.1, -0.05) is 16.9 Å². The minimum Gasteiger partial charge on any atom is -0.477 e. The Hall–Kier alpha value is -3.30. The third kappa shape index (κ3) is 4.53. The number of aliphatic carboxylic acids is 1. The Morgan fingerprint density at radius 3 is 2.88 bits per heavy atom. The molecule has 0 spiro atoms. The van der Waals surface area contributed by atoms with Crippen LogP contribution in [0, 0.1) is 0 Å². The SMILES string of the molecule is CO/N=C(/C(=O)N[C@@H]1C(=O)N2C(C(=O)O)=C(CSC(=O)c3ccco3)CS[C@H]12)c1csc(N)n1. The lowest BCUT2D eigenvalue weighted by Gasteiger charge is -2.49. The number of carboxylic acid groups (broad SMARTS) is 1. The number of fused-ring (bicyclic) bond motifs is 1. The van der Waals surface area contributed by atoms with Gasteiger partial charge in [0.2, 0.25) is 0 Å². The van der Waals surface area contributed by atoms with Gasteiger partial charge in [-0.05, 0) is 17.7 Å². The molecule has 12 nitrogen and oxygen atoms in total. The molecule has 1 saturated heterocycles. The van der Waals surface area contributed by atoms with E-state index in [1.54, 1.807) is 6.07 Å². The number of rotatable bonds is 8. The predicted octanol–water partition coefficient (Wildman–Crippen LogP) is 0.981. The summed E-state index contributed by atoms with van der Waals surface area (Å²) in [5.74, 6) is -2.08. The van der Waals surface area contributed by atoms with Crippen molar-refractivity contribution >= 4 is 68.6 Å². The number of carboxylic acids is 1. The normalized spacial score (nSPS) is 20.0. The Morgan fingerprint density at radius 2 is 2.26 bits per heavy atom. The van der Waals surface area contributed by atoms with E-state index in [0.717, 1.165) is 28.0 Å². The number of furan rings is 1. The second-order valence-corrected chi connectivity index (χ2v) is 9.81. The van der Waals surface area contributed by atoms with E-state index < -0.39 is 29.2 Å². The summed E-state index contributed by atoms with van der Waals surface area (Å²) in [4.78, 5) is 59.6. The quantitative estimate of drug-likeness (QED) is 0.255. The van der Waals surface area contributed by atoms with Crippen LogP contribution >= 0.6 is 34.9 Å². The zero-order valence-electron chi connectivity index (χ0n) is 17.4. The van der Waals surface area contributed by atoms with Gasteiger partial charge < -0.3 is 25.4 Å². The van der Waals surface area contributed by atoms with Gasteiger partial charge in [0.1, 0.15) is 29.9 Å². The van der Waals surface area contributed by atoms with Crippen LogP contribution in [0.25, 0.3) is 0 Å². The van der Waals surface area contributed by atoms with Gasteiger partial charge in [0.05, 0.1) is 6.26 Å².